The Morgan fingerprint density at radius 3 is 2.80 bits per heavy atom. The molecule has 0 spiro atoms. The number of hydrogen-bond acceptors (Lipinski definition) is 2. The molecule has 0 rings (SSSR count). The lowest BCUT2D eigenvalue weighted by Crippen LogP contribution is -1.76. The van der Waals surface area contributed by atoms with Gasteiger partial charge in [-0.15, -0.1) is 0 Å². The van der Waals surface area contributed by atoms with E-state index in [1.54, 1.807) is 13.3 Å². The van der Waals surface area contributed by atoms with E-state index in [9.17, 15) is 0 Å². The van der Waals surface area contributed by atoms with Crippen molar-refractivity contribution < 1.29 is 4.84 Å². The second-order valence-electron chi connectivity index (χ2n) is 1.97. The Bertz CT molecular complexity index is 108. The van der Waals surface area contributed by atoms with Gasteiger partial charge >= 0.3 is 0 Å². The SMILES string of the molecule is CC=CCCCC=NOC. The summed E-state index contributed by atoms with van der Waals surface area (Å²) in [7, 11) is 1.56. The molecule has 0 fully saturated rings. The molecule has 0 N–H and O–H groups in total. The average molecular weight is 141 g/mol. The van der Waals surface area contributed by atoms with Gasteiger partial charge in [-0.25, -0.2) is 0 Å². The fourth-order valence-corrected chi connectivity index (χ4v) is 0.621. The molecule has 0 bridgehead atoms. The van der Waals surface area contributed by atoms with Crippen LogP contribution in [0.3, 0.4) is 0 Å². The van der Waals surface area contributed by atoms with Gasteiger partial charge in [0, 0.05) is 6.21 Å². The first kappa shape index (κ1) is 9.21. The summed E-state index contributed by atoms with van der Waals surface area (Å²) >= 11 is 0. The molecule has 0 aliphatic rings. The van der Waals surface area contributed by atoms with Gasteiger partial charge in [0.25, 0.3) is 0 Å². The van der Waals surface area contributed by atoms with Crippen molar-refractivity contribution in [1.29, 1.82) is 0 Å². The third-order valence-corrected chi connectivity index (χ3v) is 1.12. The van der Waals surface area contributed by atoms with Crippen molar-refractivity contribution in [2.24, 2.45) is 5.16 Å². The van der Waals surface area contributed by atoms with E-state index in [-0.39, 0.29) is 0 Å². The van der Waals surface area contributed by atoms with Crippen molar-refractivity contribution in [1.82, 2.24) is 0 Å². The van der Waals surface area contributed by atoms with Crippen molar-refractivity contribution in [3.63, 3.8) is 0 Å². The Morgan fingerprint density at radius 2 is 2.20 bits per heavy atom. The topological polar surface area (TPSA) is 21.6 Å². The van der Waals surface area contributed by atoms with E-state index in [0.717, 1.165) is 19.3 Å². The molecule has 0 aromatic heterocycles. The molecule has 0 aromatic rings. The zero-order chi connectivity index (χ0) is 7.66. The predicted molar refractivity (Wildman–Crippen MR) is 44.2 cm³/mol. The zero-order valence-corrected chi connectivity index (χ0v) is 6.71. The van der Waals surface area contributed by atoms with Crippen LogP contribution < -0.4 is 0 Å². The van der Waals surface area contributed by atoms with Gasteiger partial charge in [-0.1, -0.05) is 17.3 Å². The summed E-state index contributed by atoms with van der Waals surface area (Å²) in [5, 5.41) is 3.62. The molecule has 0 aromatic carbocycles. The molecule has 0 saturated heterocycles. The molecule has 0 radical (unpaired) electrons. The summed E-state index contributed by atoms with van der Waals surface area (Å²) in [5.41, 5.74) is 0. The standard InChI is InChI=1S/C8H15NO/c1-3-4-5-6-7-8-9-10-2/h3-4,8H,5-7H2,1-2H3. The molecule has 2 nitrogen and oxygen atoms in total. The fourth-order valence-electron chi connectivity index (χ4n) is 0.621. The highest BCUT2D eigenvalue weighted by atomic mass is 16.6. The number of rotatable bonds is 5. The van der Waals surface area contributed by atoms with Gasteiger partial charge in [0.15, 0.2) is 0 Å². The maximum absolute atomic E-state index is 4.50. The number of nitrogens with zero attached hydrogens (tertiary/aromatic N) is 1. The number of unbranched alkanes of at least 4 members (excludes halogenated alkanes) is 2. The summed E-state index contributed by atoms with van der Waals surface area (Å²) in [6.45, 7) is 2.03. The van der Waals surface area contributed by atoms with E-state index in [4.69, 9.17) is 0 Å². The van der Waals surface area contributed by atoms with Gasteiger partial charge < -0.3 is 4.84 Å². The minimum Gasteiger partial charge on any atom is -0.399 e. The Hall–Kier alpha value is -0.790. The minimum atomic E-state index is 0.998. The van der Waals surface area contributed by atoms with E-state index < -0.39 is 0 Å². The molecule has 0 atom stereocenters. The number of hydrogen-bond donors (Lipinski definition) is 0. The Kier molecular flexibility index (Phi) is 7.56. The van der Waals surface area contributed by atoms with Crippen molar-refractivity contribution in [3.05, 3.63) is 12.2 Å². The highest BCUT2D eigenvalue weighted by molar-refractivity contribution is 5.56. The molecule has 58 valence electrons. The van der Waals surface area contributed by atoms with E-state index >= 15 is 0 Å². The van der Waals surface area contributed by atoms with Crippen LogP contribution in [0.4, 0.5) is 0 Å². The fraction of sp³-hybridized carbons (Fsp3) is 0.625. The van der Waals surface area contributed by atoms with Crippen molar-refractivity contribution in [2.45, 2.75) is 26.2 Å². The summed E-state index contributed by atoms with van der Waals surface area (Å²) in [4.78, 5) is 4.50. The van der Waals surface area contributed by atoms with Crippen LogP contribution in [0.5, 0.6) is 0 Å². The normalized spacial score (nSPS) is 11.4. The molecule has 2 heteroatoms. The van der Waals surface area contributed by atoms with E-state index in [1.165, 1.54) is 0 Å². The Labute approximate surface area is 62.6 Å². The van der Waals surface area contributed by atoms with Crippen LogP contribution in [-0.4, -0.2) is 13.3 Å². The molecule has 0 saturated carbocycles. The van der Waals surface area contributed by atoms with Crippen LogP contribution in [0.25, 0.3) is 0 Å². The number of allylic oxidation sites excluding steroid dienone is 2. The molecule has 0 unspecified atom stereocenters. The van der Waals surface area contributed by atoms with Crippen LogP contribution in [0, 0.1) is 0 Å². The lowest BCUT2D eigenvalue weighted by atomic mass is 10.2. The number of oxime groups is 1. The molecule has 0 amide bonds. The smallest absolute Gasteiger partial charge is 0.106 e. The first-order valence-electron chi connectivity index (χ1n) is 3.58. The summed E-state index contributed by atoms with van der Waals surface area (Å²) in [5.74, 6) is 0. The first-order chi connectivity index (χ1) is 4.91. The molecule has 0 aliphatic heterocycles. The lowest BCUT2D eigenvalue weighted by molar-refractivity contribution is 0.214. The third kappa shape index (κ3) is 7.21. The third-order valence-electron chi connectivity index (χ3n) is 1.12. The second kappa shape index (κ2) is 8.21. The molecule has 10 heavy (non-hydrogen) atoms. The van der Waals surface area contributed by atoms with Crippen LogP contribution in [-0.2, 0) is 4.84 Å². The van der Waals surface area contributed by atoms with Crippen LogP contribution in [0.2, 0.25) is 0 Å². The van der Waals surface area contributed by atoms with Gasteiger partial charge in [-0.05, 0) is 26.2 Å². The van der Waals surface area contributed by atoms with Gasteiger partial charge in [0.1, 0.15) is 7.11 Å². The highest BCUT2D eigenvalue weighted by Crippen LogP contribution is 1.93. The molecule has 0 aliphatic carbocycles. The summed E-state index contributed by atoms with van der Waals surface area (Å²) < 4.78 is 0. The van der Waals surface area contributed by atoms with Crippen LogP contribution in [0.1, 0.15) is 26.2 Å². The maximum atomic E-state index is 4.50. The molecule has 0 heterocycles. The second-order valence-corrected chi connectivity index (χ2v) is 1.97. The highest BCUT2D eigenvalue weighted by Gasteiger charge is 1.79. The van der Waals surface area contributed by atoms with Gasteiger partial charge in [0.05, 0.1) is 0 Å². The monoisotopic (exact) mass is 141 g/mol. The summed E-state index contributed by atoms with van der Waals surface area (Å²) in [6.07, 6.45) is 9.29. The summed E-state index contributed by atoms with van der Waals surface area (Å²) in [6, 6.07) is 0. The Morgan fingerprint density at radius 1 is 1.40 bits per heavy atom. The molecular weight excluding hydrogens is 126 g/mol. The zero-order valence-electron chi connectivity index (χ0n) is 6.71. The van der Waals surface area contributed by atoms with Crippen LogP contribution >= 0.6 is 0 Å². The van der Waals surface area contributed by atoms with Crippen molar-refractivity contribution in [2.75, 3.05) is 7.11 Å². The quantitative estimate of drug-likeness (QED) is 0.249. The van der Waals surface area contributed by atoms with Crippen molar-refractivity contribution in [3.8, 4) is 0 Å². The van der Waals surface area contributed by atoms with Crippen molar-refractivity contribution >= 4 is 6.21 Å². The largest absolute Gasteiger partial charge is 0.399 e. The van der Waals surface area contributed by atoms with E-state index in [2.05, 4.69) is 22.1 Å². The van der Waals surface area contributed by atoms with E-state index in [0.29, 0.717) is 0 Å². The lowest BCUT2D eigenvalue weighted by Gasteiger charge is -1.88. The Balaban J connectivity index is 2.97. The van der Waals surface area contributed by atoms with Gasteiger partial charge in [0.2, 0.25) is 0 Å². The van der Waals surface area contributed by atoms with Gasteiger partial charge in [-0.3, -0.25) is 0 Å². The average Bonchev–Trinajstić information content (AvgIpc) is 1.97. The predicted octanol–water partition coefficient (Wildman–Crippen LogP) is 2.37. The maximum Gasteiger partial charge on any atom is 0.106 e. The minimum absolute atomic E-state index is 0.998. The van der Waals surface area contributed by atoms with E-state index in [1.807, 2.05) is 6.92 Å². The van der Waals surface area contributed by atoms with Gasteiger partial charge in [-0.2, -0.15) is 0 Å². The van der Waals surface area contributed by atoms with Crippen LogP contribution in [0.15, 0.2) is 17.3 Å². The molecular formula is C8H15NO. The first-order valence-corrected chi connectivity index (χ1v) is 3.58.